The lowest BCUT2D eigenvalue weighted by molar-refractivity contribution is 0.388. The normalized spacial score (nSPS) is 10.2. The molecule has 2 rings (SSSR count). The topological polar surface area (TPSA) is 77.0 Å². The number of aromatic nitrogens is 2. The van der Waals surface area contributed by atoms with Crippen molar-refractivity contribution in [3.63, 3.8) is 0 Å². The van der Waals surface area contributed by atoms with E-state index in [0.29, 0.717) is 17.4 Å². The van der Waals surface area contributed by atoms with Gasteiger partial charge in [-0.15, -0.1) is 0 Å². The summed E-state index contributed by atoms with van der Waals surface area (Å²) in [4.78, 5) is 4.69. The maximum Gasteiger partial charge on any atom is 0.155 e. The maximum atomic E-state index is 5.59. The number of rotatable bonds is 4. The molecule has 88 valence electrons. The standard InChI is InChI=1S/C11H12N4OS/c1-7-4-8(11(12)17)5-10(15-7)13-6-9-2-3-14-16-9/h2-5H,6H2,1H3,(H2,12,17)(H,13,15). The quantitative estimate of drug-likeness (QED) is 0.801. The van der Waals surface area contributed by atoms with Crippen LogP contribution in [0.1, 0.15) is 17.0 Å². The molecule has 0 unspecified atom stereocenters. The summed E-state index contributed by atoms with van der Waals surface area (Å²) in [5.74, 6) is 1.45. The number of hydrogen-bond donors (Lipinski definition) is 2. The van der Waals surface area contributed by atoms with Crippen molar-refractivity contribution >= 4 is 23.0 Å². The van der Waals surface area contributed by atoms with Gasteiger partial charge in [-0.1, -0.05) is 17.4 Å². The van der Waals surface area contributed by atoms with Gasteiger partial charge in [0, 0.05) is 17.3 Å². The second-order valence-electron chi connectivity index (χ2n) is 3.58. The molecule has 0 saturated carbocycles. The third-order valence-corrected chi connectivity index (χ3v) is 2.41. The Labute approximate surface area is 104 Å². The van der Waals surface area contributed by atoms with Gasteiger partial charge in [-0.05, 0) is 19.1 Å². The lowest BCUT2D eigenvalue weighted by atomic mass is 10.2. The smallest absolute Gasteiger partial charge is 0.155 e. The van der Waals surface area contributed by atoms with Crippen molar-refractivity contribution in [2.24, 2.45) is 5.73 Å². The summed E-state index contributed by atoms with van der Waals surface area (Å²) in [5.41, 5.74) is 7.25. The van der Waals surface area contributed by atoms with Crippen LogP contribution in [0.2, 0.25) is 0 Å². The lowest BCUT2D eigenvalue weighted by Crippen LogP contribution is -2.11. The van der Waals surface area contributed by atoms with Crippen LogP contribution in [0.5, 0.6) is 0 Å². The van der Waals surface area contributed by atoms with Gasteiger partial charge in [0.05, 0.1) is 12.7 Å². The minimum atomic E-state index is 0.359. The summed E-state index contributed by atoms with van der Waals surface area (Å²) in [7, 11) is 0. The number of thiocarbonyl (C=S) groups is 1. The number of nitrogens with zero attached hydrogens (tertiary/aromatic N) is 2. The van der Waals surface area contributed by atoms with Gasteiger partial charge in [-0.2, -0.15) is 0 Å². The molecule has 0 bridgehead atoms. The van der Waals surface area contributed by atoms with Gasteiger partial charge < -0.3 is 15.6 Å². The van der Waals surface area contributed by atoms with Crippen LogP contribution in [-0.2, 0) is 6.54 Å². The molecule has 2 heterocycles. The molecule has 0 saturated heterocycles. The van der Waals surface area contributed by atoms with E-state index in [4.69, 9.17) is 22.5 Å². The minimum absolute atomic E-state index is 0.359. The van der Waals surface area contributed by atoms with Crippen molar-refractivity contribution in [1.82, 2.24) is 10.1 Å². The zero-order valence-corrected chi connectivity index (χ0v) is 10.1. The van der Waals surface area contributed by atoms with Crippen LogP contribution < -0.4 is 11.1 Å². The summed E-state index contributed by atoms with van der Waals surface area (Å²) in [5, 5.41) is 6.74. The first-order chi connectivity index (χ1) is 8.15. The molecular formula is C11H12N4OS. The predicted molar refractivity (Wildman–Crippen MR) is 68.7 cm³/mol. The molecule has 0 atom stereocenters. The largest absolute Gasteiger partial charge is 0.389 e. The molecule has 0 radical (unpaired) electrons. The first-order valence-electron chi connectivity index (χ1n) is 5.07. The molecule has 2 aromatic heterocycles. The minimum Gasteiger partial charge on any atom is -0.389 e. The Bertz CT molecular complexity index is 524. The third kappa shape index (κ3) is 3.01. The molecule has 2 aromatic rings. The zero-order valence-electron chi connectivity index (χ0n) is 9.30. The highest BCUT2D eigenvalue weighted by Crippen LogP contribution is 2.11. The Hall–Kier alpha value is -1.95. The Balaban J connectivity index is 2.13. The number of nitrogens with one attached hydrogen (secondary N) is 1. The third-order valence-electron chi connectivity index (χ3n) is 2.17. The highest BCUT2D eigenvalue weighted by molar-refractivity contribution is 7.80. The summed E-state index contributed by atoms with van der Waals surface area (Å²) < 4.78 is 4.97. The van der Waals surface area contributed by atoms with E-state index in [2.05, 4.69) is 15.5 Å². The van der Waals surface area contributed by atoms with Crippen LogP contribution >= 0.6 is 12.2 Å². The molecule has 0 aliphatic carbocycles. The fourth-order valence-corrected chi connectivity index (χ4v) is 1.53. The average molecular weight is 248 g/mol. The lowest BCUT2D eigenvalue weighted by Gasteiger charge is -2.07. The van der Waals surface area contributed by atoms with Crippen molar-refractivity contribution in [3.05, 3.63) is 41.4 Å². The van der Waals surface area contributed by atoms with E-state index in [1.54, 1.807) is 12.3 Å². The first kappa shape index (κ1) is 11.5. The molecule has 0 spiro atoms. The highest BCUT2D eigenvalue weighted by atomic mass is 32.1. The number of hydrogen-bond acceptors (Lipinski definition) is 5. The zero-order chi connectivity index (χ0) is 12.3. The van der Waals surface area contributed by atoms with Gasteiger partial charge in [0.2, 0.25) is 0 Å². The molecule has 0 fully saturated rings. The van der Waals surface area contributed by atoms with Crippen LogP contribution in [-0.4, -0.2) is 15.1 Å². The van der Waals surface area contributed by atoms with E-state index in [0.717, 1.165) is 17.0 Å². The Kier molecular flexibility index (Phi) is 3.34. The van der Waals surface area contributed by atoms with E-state index in [-0.39, 0.29) is 0 Å². The fraction of sp³-hybridized carbons (Fsp3) is 0.182. The number of nitrogens with two attached hydrogens (primary N) is 1. The van der Waals surface area contributed by atoms with Crippen molar-refractivity contribution in [3.8, 4) is 0 Å². The van der Waals surface area contributed by atoms with Crippen molar-refractivity contribution in [1.29, 1.82) is 0 Å². The van der Waals surface area contributed by atoms with Crippen molar-refractivity contribution < 1.29 is 4.52 Å². The van der Waals surface area contributed by atoms with Gasteiger partial charge in [-0.25, -0.2) is 4.98 Å². The molecular weight excluding hydrogens is 236 g/mol. The number of pyridine rings is 1. The summed E-state index contributed by atoms with van der Waals surface area (Å²) >= 11 is 4.94. The molecule has 5 nitrogen and oxygen atoms in total. The molecule has 6 heteroatoms. The molecule has 0 aromatic carbocycles. The SMILES string of the molecule is Cc1cc(C(N)=S)cc(NCc2ccno2)n1. The van der Waals surface area contributed by atoms with E-state index >= 15 is 0 Å². The second kappa shape index (κ2) is 4.92. The van der Waals surface area contributed by atoms with Gasteiger partial charge in [0.25, 0.3) is 0 Å². The van der Waals surface area contributed by atoms with Gasteiger partial charge >= 0.3 is 0 Å². The van der Waals surface area contributed by atoms with Crippen LogP contribution in [0.3, 0.4) is 0 Å². The monoisotopic (exact) mass is 248 g/mol. The summed E-state index contributed by atoms with van der Waals surface area (Å²) in [6.45, 7) is 2.41. The highest BCUT2D eigenvalue weighted by Gasteiger charge is 2.03. The van der Waals surface area contributed by atoms with E-state index < -0.39 is 0 Å². The Morgan fingerprint density at radius 2 is 2.35 bits per heavy atom. The molecule has 0 amide bonds. The number of aryl methyl sites for hydroxylation is 1. The number of anilines is 1. The maximum absolute atomic E-state index is 5.59. The Morgan fingerprint density at radius 1 is 1.53 bits per heavy atom. The van der Waals surface area contributed by atoms with Crippen LogP contribution in [0, 0.1) is 6.92 Å². The van der Waals surface area contributed by atoms with Gasteiger partial charge in [0.15, 0.2) is 5.76 Å². The van der Waals surface area contributed by atoms with Gasteiger partial charge in [0.1, 0.15) is 10.8 Å². The van der Waals surface area contributed by atoms with Crippen LogP contribution in [0.15, 0.2) is 28.9 Å². The van der Waals surface area contributed by atoms with Crippen molar-refractivity contribution in [2.45, 2.75) is 13.5 Å². The fourth-order valence-electron chi connectivity index (χ4n) is 1.41. The summed E-state index contributed by atoms with van der Waals surface area (Å²) in [6.07, 6.45) is 1.60. The second-order valence-corrected chi connectivity index (χ2v) is 4.02. The molecule has 3 N–H and O–H groups in total. The first-order valence-corrected chi connectivity index (χ1v) is 5.48. The van der Waals surface area contributed by atoms with Crippen LogP contribution in [0.4, 0.5) is 5.82 Å². The van der Waals surface area contributed by atoms with E-state index in [1.165, 1.54) is 0 Å². The van der Waals surface area contributed by atoms with Crippen LogP contribution in [0.25, 0.3) is 0 Å². The Morgan fingerprint density at radius 3 is 3.00 bits per heavy atom. The van der Waals surface area contributed by atoms with Crippen molar-refractivity contribution in [2.75, 3.05) is 5.32 Å². The summed E-state index contributed by atoms with van der Waals surface area (Å²) in [6, 6.07) is 5.45. The average Bonchev–Trinajstić information content (AvgIpc) is 2.78. The van der Waals surface area contributed by atoms with E-state index in [1.807, 2.05) is 19.1 Å². The predicted octanol–water partition coefficient (Wildman–Crippen LogP) is 1.62. The van der Waals surface area contributed by atoms with Gasteiger partial charge in [-0.3, -0.25) is 0 Å². The molecule has 0 aliphatic rings. The van der Waals surface area contributed by atoms with E-state index in [9.17, 15) is 0 Å². The molecule has 17 heavy (non-hydrogen) atoms. The molecule has 0 aliphatic heterocycles.